The number of hydrogen-bond acceptors (Lipinski definition) is 3. The standard InChI is InChI=1S/C18H26N2O3/c1-5-8-19-12-17(21)20(15(4)18(19)22)9-10-23-16-7-6-13(2)11-14(16)3/h6-7,11,15H,5,8-10,12H2,1-4H3/t15-/m0/s1. The van der Waals surface area contributed by atoms with Crippen LogP contribution in [-0.2, 0) is 9.59 Å². The Hall–Kier alpha value is -2.04. The molecule has 0 aromatic heterocycles. The molecule has 1 aromatic rings. The van der Waals surface area contributed by atoms with E-state index in [4.69, 9.17) is 4.74 Å². The van der Waals surface area contributed by atoms with E-state index in [-0.39, 0.29) is 18.4 Å². The van der Waals surface area contributed by atoms with Gasteiger partial charge in [-0.25, -0.2) is 0 Å². The molecule has 23 heavy (non-hydrogen) atoms. The fourth-order valence-electron chi connectivity index (χ4n) is 2.94. The molecule has 0 N–H and O–H groups in total. The van der Waals surface area contributed by atoms with Gasteiger partial charge >= 0.3 is 0 Å². The predicted molar refractivity (Wildman–Crippen MR) is 89.5 cm³/mol. The van der Waals surface area contributed by atoms with Gasteiger partial charge in [0.2, 0.25) is 11.8 Å². The van der Waals surface area contributed by atoms with Gasteiger partial charge in [0.05, 0.1) is 13.1 Å². The van der Waals surface area contributed by atoms with Crippen molar-refractivity contribution in [3.63, 3.8) is 0 Å². The maximum absolute atomic E-state index is 12.3. The molecule has 0 spiro atoms. The maximum atomic E-state index is 12.3. The van der Waals surface area contributed by atoms with Crippen molar-refractivity contribution in [1.82, 2.24) is 9.80 Å². The van der Waals surface area contributed by atoms with Crippen molar-refractivity contribution < 1.29 is 14.3 Å². The summed E-state index contributed by atoms with van der Waals surface area (Å²) in [6.07, 6.45) is 0.863. The van der Waals surface area contributed by atoms with Crippen LogP contribution in [0.15, 0.2) is 18.2 Å². The highest BCUT2D eigenvalue weighted by Crippen LogP contribution is 2.19. The van der Waals surface area contributed by atoms with Crippen LogP contribution in [0.2, 0.25) is 0 Å². The molecular weight excluding hydrogens is 292 g/mol. The van der Waals surface area contributed by atoms with Gasteiger partial charge < -0.3 is 14.5 Å². The number of carbonyl (C=O) groups is 2. The van der Waals surface area contributed by atoms with Crippen molar-refractivity contribution in [2.24, 2.45) is 0 Å². The number of ether oxygens (including phenoxy) is 1. The zero-order valence-corrected chi connectivity index (χ0v) is 14.5. The number of piperazine rings is 1. The normalized spacial score (nSPS) is 18.5. The Labute approximate surface area is 138 Å². The summed E-state index contributed by atoms with van der Waals surface area (Å²) in [6, 6.07) is 5.60. The van der Waals surface area contributed by atoms with Gasteiger partial charge in [-0.1, -0.05) is 24.6 Å². The molecule has 1 atom stereocenters. The van der Waals surface area contributed by atoms with Gasteiger partial charge in [-0.2, -0.15) is 0 Å². The van der Waals surface area contributed by atoms with E-state index < -0.39 is 6.04 Å². The highest BCUT2D eigenvalue weighted by Gasteiger charge is 2.35. The number of benzene rings is 1. The lowest BCUT2D eigenvalue weighted by molar-refractivity contribution is -0.155. The average Bonchev–Trinajstić information content (AvgIpc) is 2.50. The Kier molecular flexibility index (Phi) is 5.64. The number of aryl methyl sites for hydroxylation is 2. The molecule has 0 saturated carbocycles. The van der Waals surface area contributed by atoms with Crippen LogP contribution in [0, 0.1) is 13.8 Å². The first-order chi connectivity index (χ1) is 10.9. The summed E-state index contributed by atoms with van der Waals surface area (Å²) in [5.74, 6) is 0.847. The number of amides is 2. The molecule has 5 nitrogen and oxygen atoms in total. The lowest BCUT2D eigenvalue weighted by Crippen LogP contribution is -2.59. The van der Waals surface area contributed by atoms with E-state index in [2.05, 4.69) is 6.07 Å². The number of rotatable bonds is 6. The molecular formula is C18H26N2O3. The van der Waals surface area contributed by atoms with Gasteiger partial charge in [0.15, 0.2) is 0 Å². The first-order valence-electron chi connectivity index (χ1n) is 8.22. The largest absolute Gasteiger partial charge is 0.491 e. The Morgan fingerprint density at radius 3 is 2.61 bits per heavy atom. The molecule has 1 saturated heterocycles. The SMILES string of the molecule is CCCN1CC(=O)N(CCOc2ccc(C)cc2C)[C@@H](C)C1=O. The number of carbonyl (C=O) groups excluding carboxylic acids is 2. The molecule has 0 aliphatic carbocycles. The minimum Gasteiger partial charge on any atom is -0.491 e. The third kappa shape index (κ3) is 4.03. The van der Waals surface area contributed by atoms with Crippen LogP contribution in [0.1, 0.15) is 31.4 Å². The number of nitrogens with zero attached hydrogens (tertiary/aromatic N) is 2. The fraction of sp³-hybridized carbons (Fsp3) is 0.556. The summed E-state index contributed by atoms with van der Waals surface area (Å²) in [5, 5.41) is 0. The molecule has 1 aliphatic rings. The molecule has 1 heterocycles. The second kappa shape index (κ2) is 7.49. The summed E-state index contributed by atoms with van der Waals surface area (Å²) in [4.78, 5) is 27.8. The van der Waals surface area contributed by atoms with Crippen molar-refractivity contribution in [3.8, 4) is 5.75 Å². The summed E-state index contributed by atoms with van der Waals surface area (Å²) < 4.78 is 5.78. The van der Waals surface area contributed by atoms with Crippen LogP contribution >= 0.6 is 0 Å². The zero-order valence-electron chi connectivity index (χ0n) is 14.5. The van der Waals surface area contributed by atoms with E-state index in [1.807, 2.05) is 32.9 Å². The van der Waals surface area contributed by atoms with E-state index >= 15 is 0 Å². The Bertz CT molecular complexity index is 586. The summed E-state index contributed by atoms with van der Waals surface area (Å²) in [5.41, 5.74) is 2.27. The molecule has 2 amide bonds. The predicted octanol–water partition coefficient (Wildman–Crippen LogP) is 2.15. The van der Waals surface area contributed by atoms with E-state index in [0.29, 0.717) is 19.7 Å². The van der Waals surface area contributed by atoms with Crippen LogP contribution < -0.4 is 4.74 Å². The van der Waals surface area contributed by atoms with Crippen LogP contribution in [0.5, 0.6) is 5.75 Å². The molecule has 0 unspecified atom stereocenters. The van der Waals surface area contributed by atoms with Gasteiger partial charge in [-0.15, -0.1) is 0 Å². The van der Waals surface area contributed by atoms with Gasteiger partial charge in [0.1, 0.15) is 18.4 Å². The van der Waals surface area contributed by atoms with Crippen LogP contribution in [-0.4, -0.2) is 53.9 Å². The smallest absolute Gasteiger partial charge is 0.245 e. The molecule has 0 radical (unpaired) electrons. The Morgan fingerprint density at radius 2 is 1.96 bits per heavy atom. The maximum Gasteiger partial charge on any atom is 0.245 e. The van der Waals surface area contributed by atoms with E-state index in [1.165, 1.54) is 5.56 Å². The average molecular weight is 318 g/mol. The lowest BCUT2D eigenvalue weighted by Gasteiger charge is -2.38. The summed E-state index contributed by atoms with van der Waals surface area (Å²) in [6.45, 7) is 9.48. The van der Waals surface area contributed by atoms with E-state index in [0.717, 1.165) is 17.7 Å². The molecule has 5 heteroatoms. The third-order valence-electron chi connectivity index (χ3n) is 4.20. The third-order valence-corrected chi connectivity index (χ3v) is 4.20. The van der Waals surface area contributed by atoms with Gasteiger partial charge in [0, 0.05) is 6.54 Å². The van der Waals surface area contributed by atoms with Crippen LogP contribution in [0.4, 0.5) is 0 Å². The van der Waals surface area contributed by atoms with E-state index in [1.54, 1.807) is 16.7 Å². The molecule has 1 fully saturated rings. The second-order valence-corrected chi connectivity index (χ2v) is 6.14. The van der Waals surface area contributed by atoms with Crippen LogP contribution in [0.3, 0.4) is 0 Å². The Morgan fingerprint density at radius 1 is 1.22 bits per heavy atom. The summed E-state index contributed by atoms with van der Waals surface area (Å²) in [7, 11) is 0. The van der Waals surface area contributed by atoms with Crippen molar-refractivity contribution in [3.05, 3.63) is 29.3 Å². The van der Waals surface area contributed by atoms with Crippen LogP contribution in [0.25, 0.3) is 0 Å². The highest BCUT2D eigenvalue weighted by molar-refractivity contribution is 5.94. The monoisotopic (exact) mass is 318 g/mol. The highest BCUT2D eigenvalue weighted by atomic mass is 16.5. The van der Waals surface area contributed by atoms with E-state index in [9.17, 15) is 9.59 Å². The van der Waals surface area contributed by atoms with Crippen molar-refractivity contribution in [2.45, 2.75) is 40.2 Å². The minimum atomic E-state index is -0.412. The van der Waals surface area contributed by atoms with Gasteiger partial charge in [-0.3, -0.25) is 9.59 Å². The Balaban J connectivity index is 1.92. The molecule has 0 bridgehead atoms. The molecule has 1 aromatic carbocycles. The molecule has 2 rings (SSSR count). The quantitative estimate of drug-likeness (QED) is 0.807. The fourth-order valence-corrected chi connectivity index (χ4v) is 2.94. The first-order valence-corrected chi connectivity index (χ1v) is 8.22. The van der Waals surface area contributed by atoms with Gasteiger partial charge in [-0.05, 0) is 38.8 Å². The van der Waals surface area contributed by atoms with Gasteiger partial charge in [0.25, 0.3) is 0 Å². The summed E-state index contributed by atoms with van der Waals surface area (Å²) >= 11 is 0. The topological polar surface area (TPSA) is 49.9 Å². The second-order valence-electron chi connectivity index (χ2n) is 6.14. The molecule has 126 valence electrons. The van der Waals surface area contributed by atoms with Crippen molar-refractivity contribution in [1.29, 1.82) is 0 Å². The first kappa shape index (κ1) is 17.3. The minimum absolute atomic E-state index is 0.00484. The zero-order chi connectivity index (χ0) is 17.0. The van der Waals surface area contributed by atoms with Crippen molar-refractivity contribution in [2.75, 3.05) is 26.2 Å². The molecule has 1 aliphatic heterocycles. The van der Waals surface area contributed by atoms with Crippen molar-refractivity contribution >= 4 is 11.8 Å². The number of hydrogen-bond donors (Lipinski definition) is 0. The lowest BCUT2D eigenvalue weighted by atomic mass is 10.1.